The van der Waals surface area contributed by atoms with Gasteiger partial charge in [-0.25, -0.2) is 0 Å². The number of aryl methyl sites for hydroxylation is 1. The van der Waals surface area contributed by atoms with Gasteiger partial charge in [0, 0.05) is 17.8 Å². The van der Waals surface area contributed by atoms with Gasteiger partial charge in [0.1, 0.15) is 0 Å². The number of fused-ring (bicyclic) bond motifs is 1. The molecule has 98 valence electrons. The molecule has 2 unspecified atom stereocenters. The fraction of sp³-hybridized carbons (Fsp3) is 0.688. The molecule has 1 heterocycles. The Hall–Kier alpha value is -0.890. The van der Waals surface area contributed by atoms with Crippen LogP contribution >= 0.6 is 0 Å². The third-order valence-corrected chi connectivity index (χ3v) is 4.81. The van der Waals surface area contributed by atoms with E-state index in [1.807, 2.05) is 12.3 Å². The van der Waals surface area contributed by atoms with E-state index in [1.165, 1.54) is 37.7 Å². The number of aliphatic hydroxyl groups excluding tert-OH is 1. The molecule has 3 rings (SSSR count). The summed E-state index contributed by atoms with van der Waals surface area (Å²) in [6.07, 6.45) is 11.6. The van der Waals surface area contributed by atoms with Gasteiger partial charge in [-0.05, 0) is 43.2 Å². The van der Waals surface area contributed by atoms with Crippen LogP contribution in [0, 0.1) is 5.92 Å². The molecule has 2 aliphatic carbocycles. The van der Waals surface area contributed by atoms with Crippen LogP contribution in [0.25, 0.3) is 0 Å². The molecule has 0 spiro atoms. The van der Waals surface area contributed by atoms with Crippen LogP contribution in [0.5, 0.6) is 0 Å². The zero-order valence-corrected chi connectivity index (χ0v) is 11.0. The van der Waals surface area contributed by atoms with E-state index < -0.39 is 0 Å². The molecule has 0 aliphatic heterocycles. The van der Waals surface area contributed by atoms with Crippen LogP contribution in [-0.2, 0) is 6.42 Å². The number of hydrogen-bond acceptors (Lipinski definition) is 2. The highest BCUT2D eigenvalue weighted by molar-refractivity contribution is 5.29. The van der Waals surface area contributed by atoms with Crippen molar-refractivity contribution in [1.82, 2.24) is 4.98 Å². The Kier molecular flexibility index (Phi) is 3.64. The second kappa shape index (κ2) is 5.40. The maximum atomic E-state index is 10.4. The molecule has 0 saturated heterocycles. The van der Waals surface area contributed by atoms with Crippen molar-refractivity contribution in [2.24, 2.45) is 5.92 Å². The van der Waals surface area contributed by atoms with E-state index in [1.54, 1.807) is 0 Å². The average Bonchev–Trinajstić information content (AvgIpc) is 3.05. The van der Waals surface area contributed by atoms with E-state index in [0.29, 0.717) is 5.92 Å². The van der Waals surface area contributed by atoms with Crippen molar-refractivity contribution in [3.05, 3.63) is 29.6 Å². The number of pyridine rings is 1. The van der Waals surface area contributed by atoms with Gasteiger partial charge in [0.15, 0.2) is 0 Å². The van der Waals surface area contributed by atoms with Crippen molar-refractivity contribution in [3.63, 3.8) is 0 Å². The third-order valence-electron chi connectivity index (χ3n) is 4.81. The third kappa shape index (κ3) is 2.44. The van der Waals surface area contributed by atoms with E-state index in [9.17, 15) is 5.11 Å². The molecular formula is C16H23NO. The largest absolute Gasteiger partial charge is 0.392 e. The maximum absolute atomic E-state index is 10.4. The van der Waals surface area contributed by atoms with Gasteiger partial charge in [0.2, 0.25) is 0 Å². The predicted molar refractivity (Wildman–Crippen MR) is 72.5 cm³/mol. The first-order valence-electron chi connectivity index (χ1n) is 7.46. The summed E-state index contributed by atoms with van der Waals surface area (Å²) in [5, 5.41) is 10.4. The molecule has 18 heavy (non-hydrogen) atoms. The van der Waals surface area contributed by atoms with Crippen LogP contribution in [0.2, 0.25) is 0 Å². The van der Waals surface area contributed by atoms with Gasteiger partial charge in [-0.3, -0.25) is 4.98 Å². The Balaban J connectivity index is 1.58. The smallest absolute Gasteiger partial charge is 0.0624 e. The Labute approximate surface area is 109 Å². The maximum Gasteiger partial charge on any atom is 0.0624 e. The minimum absolute atomic E-state index is 0.179. The first-order chi connectivity index (χ1) is 8.84. The van der Waals surface area contributed by atoms with Gasteiger partial charge in [0.05, 0.1) is 6.10 Å². The summed E-state index contributed by atoms with van der Waals surface area (Å²) in [6, 6.07) is 4.16. The van der Waals surface area contributed by atoms with Crippen molar-refractivity contribution in [1.29, 1.82) is 0 Å². The number of aliphatic hydroxyl groups is 1. The molecule has 2 nitrogen and oxygen atoms in total. The molecule has 0 amide bonds. The molecule has 2 aliphatic rings. The highest BCUT2D eigenvalue weighted by Gasteiger charge is 2.30. The molecule has 1 aromatic heterocycles. The zero-order valence-electron chi connectivity index (χ0n) is 11.0. The monoisotopic (exact) mass is 245 g/mol. The van der Waals surface area contributed by atoms with Gasteiger partial charge >= 0.3 is 0 Å². The average molecular weight is 245 g/mol. The Morgan fingerprint density at radius 3 is 2.94 bits per heavy atom. The molecule has 2 heteroatoms. The standard InChI is InChI=1S/C16H23NO/c18-15(10-7-12-4-1-2-5-12)14-9-8-13-6-3-11-17-16(13)14/h3,6,11-12,14-15,18H,1-2,4-5,7-10H2. The van der Waals surface area contributed by atoms with Gasteiger partial charge < -0.3 is 5.11 Å². The van der Waals surface area contributed by atoms with Crippen LogP contribution in [0.1, 0.15) is 62.1 Å². The first kappa shape index (κ1) is 12.2. The zero-order chi connectivity index (χ0) is 12.4. The fourth-order valence-corrected chi connectivity index (χ4v) is 3.73. The minimum atomic E-state index is -0.179. The minimum Gasteiger partial charge on any atom is -0.392 e. The van der Waals surface area contributed by atoms with Crippen LogP contribution in [0.3, 0.4) is 0 Å². The molecule has 1 aromatic rings. The molecule has 1 saturated carbocycles. The van der Waals surface area contributed by atoms with Crippen molar-refractivity contribution in [2.75, 3.05) is 0 Å². The van der Waals surface area contributed by atoms with Crippen LogP contribution in [0.15, 0.2) is 18.3 Å². The lowest BCUT2D eigenvalue weighted by Crippen LogP contribution is -2.18. The number of nitrogens with zero attached hydrogens (tertiary/aromatic N) is 1. The molecule has 1 fully saturated rings. The Morgan fingerprint density at radius 2 is 2.11 bits per heavy atom. The molecule has 0 bridgehead atoms. The highest BCUT2D eigenvalue weighted by atomic mass is 16.3. The SMILES string of the molecule is OC(CCC1CCCC1)C1CCc2cccnc21. The quantitative estimate of drug-likeness (QED) is 0.881. The van der Waals surface area contributed by atoms with Crippen molar-refractivity contribution < 1.29 is 5.11 Å². The molecule has 0 aromatic carbocycles. The second-order valence-electron chi connectivity index (χ2n) is 5.99. The van der Waals surface area contributed by atoms with Crippen LogP contribution in [-0.4, -0.2) is 16.2 Å². The van der Waals surface area contributed by atoms with Crippen LogP contribution in [0.4, 0.5) is 0 Å². The summed E-state index contributed by atoms with van der Waals surface area (Å²) >= 11 is 0. The lowest BCUT2D eigenvalue weighted by Gasteiger charge is -2.20. The summed E-state index contributed by atoms with van der Waals surface area (Å²) in [6.45, 7) is 0. The van der Waals surface area contributed by atoms with E-state index in [-0.39, 0.29) is 6.10 Å². The molecule has 0 radical (unpaired) electrons. The second-order valence-corrected chi connectivity index (χ2v) is 5.99. The predicted octanol–water partition coefficient (Wildman–Crippen LogP) is 3.44. The number of hydrogen-bond donors (Lipinski definition) is 1. The summed E-state index contributed by atoms with van der Waals surface area (Å²) in [7, 11) is 0. The lowest BCUT2D eigenvalue weighted by molar-refractivity contribution is 0.123. The van der Waals surface area contributed by atoms with E-state index in [0.717, 1.165) is 30.9 Å². The van der Waals surface area contributed by atoms with Gasteiger partial charge in [0.25, 0.3) is 0 Å². The summed E-state index contributed by atoms with van der Waals surface area (Å²) in [5.41, 5.74) is 2.51. The lowest BCUT2D eigenvalue weighted by atomic mass is 9.91. The molecule has 2 atom stereocenters. The number of aromatic nitrogens is 1. The van der Waals surface area contributed by atoms with Crippen molar-refractivity contribution in [2.45, 2.75) is 63.4 Å². The van der Waals surface area contributed by atoms with E-state index >= 15 is 0 Å². The summed E-state index contributed by atoms with van der Waals surface area (Å²) in [5.74, 6) is 1.17. The Morgan fingerprint density at radius 1 is 1.28 bits per heavy atom. The molecular weight excluding hydrogens is 222 g/mol. The number of rotatable bonds is 4. The topological polar surface area (TPSA) is 33.1 Å². The van der Waals surface area contributed by atoms with Gasteiger partial charge in [-0.15, -0.1) is 0 Å². The van der Waals surface area contributed by atoms with Crippen molar-refractivity contribution in [3.8, 4) is 0 Å². The highest BCUT2D eigenvalue weighted by Crippen LogP contribution is 2.37. The van der Waals surface area contributed by atoms with E-state index in [4.69, 9.17) is 0 Å². The first-order valence-corrected chi connectivity index (χ1v) is 7.46. The van der Waals surface area contributed by atoms with Gasteiger partial charge in [-0.2, -0.15) is 0 Å². The fourth-order valence-electron chi connectivity index (χ4n) is 3.73. The molecule has 1 N–H and O–H groups in total. The summed E-state index contributed by atoms with van der Waals surface area (Å²) in [4.78, 5) is 4.48. The van der Waals surface area contributed by atoms with Crippen LogP contribution < -0.4 is 0 Å². The summed E-state index contributed by atoms with van der Waals surface area (Å²) < 4.78 is 0. The van der Waals surface area contributed by atoms with E-state index in [2.05, 4.69) is 11.1 Å². The normalized spacial score (nSPS) is 25.3. The Bertz CT molecular complexity index is 398. The van der Waals surface area contributed by atoms with Gasteiger partial charge in [-0.1, -0.05) is 31.7 Å². The van der Waals surface area contributed by atoms with Crippen molar-refractivity contribution >= 4 is 0 Å².